The van der Waals surface area contributed by atoms with Crippen LogP contribution in [0.25, 0.3) is 0 Å². The molecule has 29 heavy (non-hydrogen) atoms. The maximum absolute atomic E-state index is 13.0. The Morgan fingerprint density at radius 1 is 1.17 bits per heavy atom. The number of amides is 2. The Morgan fingerprint density at radius 3 is 2.41 bits per heavy atom. The first-order valence-electron chi connectivity index (χ1n) is 10.1. The highest BCUT2D eigenvalue weighted by molar-refractivity contribution is 6.00. The molecule has 0 saturated carbocycles. The number of aryl methyl sites for hydroxylation is 1. The van der Waals surface area contributed by atoms with Crippen LogP contribution in [0.4, 0.5) is 10.5 Å². The largest absolute Gasteiger partial charge is 0.466 e. The van der Waals surface area contributed by atoms with Crippen molar-refractivity contribution in [1.82, 2.24) is 4.90 Å². The summed E-state index contributed by atoms with van der Waals surface area (Å²) in [5, 5.41) is 2.90. The van der Waals surface area contributed by atoms with Crippen LogP contribution >= 0.6 is 0 Å². The maximum Gasteiger partial charge on any atom is 0.411 e. The van der Waals surface area contributed by atoms with E-state index in [1.807, 2.05) is 32.9 Å². The van der Waals surface area contributed by atoms with Gasteiger partial charge < -0.3 is 14.8 Å². The summed E-state index contributed by atoms with van der Waals surface area (Å²) >= 11 is 0. The van der Waals surface area contributed by atoms with Gasteiger partial charge in [-0.3, -0.25) is 14.5 Å². The lowest BCUT2D eigenvalue weighted by atomic mass is 9.97. The summed E-state index contributed by atoms with van der Waals surface area (Å²) in [5.74, 6) is -0.457. The van der Waals surface area contributed by atoms with Gasteiger partial charge in [-0.2, -0.15) is 0 Å². The van der Waals surface area contributed by atoms with Crippen LogP contribution in [-0.4, -0.2) is 47.2 Å². The number of esters is 1. The number of hydrogen-bond donors (Lipinski definition) is 1. The van der Waals surface area contributed by atoms with E-state index in [0.29, 0.717) is 38.1 Å². The molecule has 1 saturated heterocycles. The van der Waals surface area contributed by atoms with Gasteiger partial charge >= 0.3 is 12.1 Å². The molecule has 1 unspecified atom stereocenters. The molecule has 1 aromatic rings. The molecule has 1 atom stereocenters. The van der Waals surface area contributed by atoms with Crippen molar-refractivity contribution in [3.63, 3.8) is 0 Å². The fraction of sp³-hybridized carbons (Fsp3) is 0.591. The fourth-order valence-corrected chi connectivity index (χ4v) is 3.31. The number of anilines is 1. The summed E-state index contributed by atoms with van der Waals surface area (Å²) in [4.78, 5) is 38.5. The molecule has 0 bridgehead atoms. The van der Waals surface area contributed by atoms with Crippen LogP contribution < -0.4 is 5.32 Å². The molecule has 7 nitrogen and oxygen atoms in total. The predicted octanol–water partition coefficient (Wildman–Crippen LogP) is 3.91. The van der Waals surface area contributed by atoms with Gasteiger partial charge in [0.1, 0.15) is 11.1 Å². The molecule has 160 valence electrons. The Kier molecular flexibility index (Phi) is 7.27. The zero-order valence-electron chi connectivity index (χ0n) is 18.0. The highest BCUT2D eigenvalue weighted by atomic mass is 16.6. The first-order chi connectivity index (χ1) is 13.5. The molecule has 1 aliphatic rings. The summed E-state index contributed by atoms with van der Waals surface area (Å²) in [6, 6.07) is 7.35. The van der Waals surface area contributed by atoms with Crippen LogP contribution in [0.3, 0.4) is 0 Å². The molecule has 1 heterocycles. The maximum atomic E-state index is 13.0. The van der Waals surface area contributed by atoms with Crippen molar-refractivity contribution in [3.8, 4) is 0 Å². The molecule has 0 aromatic heterocycles. The number of ether oxygens (including phenoxy) is 2. The van der Waals surface area contributed by atoms with Crippen molar-refractivity contribution in [2.24, 2.45) is 0 Å². The Balaban J connectivity index is 1.99. The molecule has 1 aromatic carbocycles. The zero-order chi connectivity index (χ0) is 21.7. The number of nitrogens with one attached hydrogen (secondary N) is 1. The highest BCUT2D eigenvalue weighted by Gasteiger charge is 2.47. The average Bonchev–Trinajstić information content (AvgIpc) is 3.03. The number of nitrogens with zero attached hydrogens (tertiary/aromatic N) is 1. The molecule has 1 fully saturated rings. The van der Waals surface area contributed by atoms with Crippen LogP contribution in [0, 0.1) is 0 Å². The van der Waals surface area contributed by atoms with Crippen molar-refractivity contribution in [2.45, 2.75) is 71.4 Å². The van der Waals surface area contributed by atoms with Gasteiger partial charge in [0.2, 0.25) is 5.91 Å². The third kappa shape index (κ3) is 6.21. The van der Waals surface area contributed by atoms with E-state index in [2.05, 4.69) is 5.32 Å². The molecule has 2 amide bonds. The van der Waals surface area contributed by atoms with Crippen LogP contribution in [-0.2, 0) is 25.5 Å². The second-order valence-corrected chi connectivity index (χ2v) is 8.47. The van der Waals surface area contributed by atoms with E-state index in [0.717, 1.165) is 12.0 Å². The lowest BCUT2D eigenvalue weighted by Gasteiger charge is -2.35. The van der Waals surface area contributed by atoms with Gasteiger partial charge in [0.15, 0.2) is 0 Å². The quantitative estimate of drug-likeness (QED) is 0.727. The molecule has 2 rings (SSSR count). The van der Waals surface area contributed by atoms with E-state index >= 15 is 0 Å². The second-order valence-electron chi connectivity index (χ2n) is 8.47. The lowest BCUT2D eigenvalue weighted by Crippen LogP contribution is -2.54. The molecule has 0 spiro atoms. The first kappa shape index (κ1) is 22.7. The number of benzene rings is 1. The smallest absolute Gasteiger partial charge is 0.411 e. The Bertz CT molecular complexity index is 739. The van der Waals surface area contributed by atoms with Gasteiger partial charge in [-0.1, -0.05) is 12.1 Å². The van der Waals surface area contributed by atoms with Crippen LogP contribution in [0.1, 0.15) is 59.4 Å². The summed E-state index contributed by atoms with van der Waals surface area (Å²) in [7, 11) is 0. The number of rotatable bonds is 6. The van der Waals surface area contributed by atoms with E-state index in [1.165, 1.54) is 4.90 Å². The third-order valence-electron chi connectivity index (χ3n) is 4.88. The van der Waals surface area contributed by atoms with E-state index in [4.69, 9.17) is 9.47 Å². The van der Waals surface area contributed by atoms with Crippen LogP contribution in [0.5, 0.6) is 0 Å². The van der Waals surface area contributed by atoms with Crippen molar-refractivity contribution < 1.29 is 23.9 Å². The van der Waals surface area contributed by atoms with Gasteiger partial charge in [0.25, 0.3) is 0 Å². The highest BCUT2D eigenvalue weighted by Crippen LogP contribution is 2.32. The Labute approximate surface area is 172 Å². The number of hydrogen-bond acceptors (Lipinski definition) is 5. The Hall–Kier alpha value is -2.57. The summed E-state index contributed by atoms with van der Waals surface area (Å²) in [6.07, 6.45) is 1.76. The molecule has 1 aliphatic heterocycles. The lowest BCUT2D eigenvalue weighted by molar-refractivity contribution is -0.143. The summed E-state index contributed by atoms with van der Waals surface area (Å²) in [5.41, 5.74) is 0.0621. The molecular formula is C22H32N2O5. The average molecular weight is 405 g/mol. The van der Waals surface area contributed by atoms with Gasteiger partial charge in [-0.15, -0.1) is 0 Å². The Morgan fingerprint density at radius 2 is 1.83 bits per heavy atom. The normalized spacial score (nSPS) is 19.0. The minimum atomic E-state index is -0.953. The van der Waals surface area contributed by atoms with Gasteiger partial charge in [0, 0.05) is 18.7 Å². The zero-order valence-corrected chi connectivity index (χ0v) is 18.0. The van der Waals surface area contributed by atoms with Crippen LogP contribution in [0.15, 0.2) is 24.3 Å². The van der Waals surface area contributed by atoms with Crippen molar-refractivity contribution >= 4 is 23.7 Å². The van der Waals surface area contributed by atoms with E-state index in [9.17, 15) is 14.4 Å². The second kappa shape index (κ2) is 9.29. The molecule has 0 radical (unpaired) electrons. The number of likely N-dealkylation sites (tertiary alicyclic amines) is 1. The predicted molar refractivity (Wildman–Crippen MR) is 111 cm³/mol. The standard InChI is InChI=1S/C22H32N2O5/c1-6-28-18(25)13-10-16-8-11-17(12-9-16)23-19(26)22(5)14-7-15-24(22)20(27)29-21(2,3)4/h8-9,11-12H,6-7,10,13-15H2,1-5H3,(H,23,26). The summed E-state index contributed by atoms with van der Waals surface area (Å²) in [6.45, 7) is 9.84. The third-order valence-corrected chi connectivity index (χ3v) is 4.88. The van der Waals surface area contributed by atoms with Gasteiger partial charge in [0.05, 0.1) is 6.61 Å². The van der Waals surface area contributed by atoms with Crippen molar-refractivity contribution in [3.05, 3.63) is 29.8 Å². The first-order valence-corrected chi connectivity index (χ1v) is 10.1. The fourth-order valence-electron chi connectivity index (χ4n) is 3.31. The topological polar surface area (TPSA) is 84.9 Å². The number of carbonyl (C=O) groups is 3. The van der Waals surface area contributed by atoms with E-state index < -0.39 is 17.2 Å². The van der Waals surface area contributed by atoms with E-state index in [-0.39, 0.29) is 11.9 Å². The summed E-state index contributed by atoms with van der Waals surface area (Å²) < 4.78 is 10.4. The van der Waals surface area contributed by atoms with Crippen molar-refractivity contribution in [1.29, 1.82) is 0 Å². The van der Waals surface area contributed by atoms with Gasteiger partial charge in [-0.25, -0.2) is 4.79 Å². The van der Waals surface area contributed by atoms with Crippen LogP contribution in [0.2, 0.25) is 0 Å². The minimum absolute atomic E-state index is 0.221. The minimum Gasteiger partial charge on any atom is -0.466 e. The van der Waals surface area contributed by atoms with Crippen molar-refractivity contribution in [2.75, 3.05) is 18.5 Å². The number of carbonyl (C=O) groups excluding carboxylic acids is 3. The molecule has 1 N–H and O–H groups in total. The molecule has 7 heteroatoms. The SMILES string of the molecule is CCOC(=O)CCc1ccc(NC(=O)C2(C)CCCN2C(=O)OC(C)(C)C)cc1. The monoisotopic (exact) mass is 404 g/mol. The molecule has 0 aliphatic carbocycles. The van der Waals surface area contributed by atoms with E-state index in [1.54, 1.807) is 26.0 Å². The molecular weight excluding hydrogens is 372 g/mol. The van der Waals surface area contributed by atoms with Gasteiger partial charge in [-0.05, 0) is 71.6 Å².